The zero-order chi connectivity index (χ0) is 54.3. The third kappa shape index (κ3) is 24.5. The molecular weight excluding hydrogens is 943 g/mol. The second-order valence-corrected chi connectivity index (χ2v) is 19.0. The van der Waals surface area contributed by atoms with Crippen LogP contribution in [-0.2, 0) is 0 Å². The van der Waals surface area contributed by atoms with Crippen molar-refractivity contribution in [2.45, 2.75) is 89.9 Å². The molecule has 0 saturated carbocycles. The molecule has 1 heterocycles. The Morgan fingerprint density at radius 2 is 0.627 bits per heavy atom. The van der Waals surface area contributed by atoms with Crippen LogP contribution in [0.15, 0.2) is 30.3 Å². The number of hydrogen-bond acceptors (Lipinski definition) is 18. The molecule has 0 bridgehead atoms. The lowest BCUT2D eigenvalue weighted by Gasteiger charge is -2.32. The van der Waals surface area contributed by atoms with Gasteiger partial charge in [0, 0.05) is 133 Å². The maximum Gasteiger partial charge on any atom is 0.261 e. The summed E-state index contributed by atoms with van der Waals surface area (Å²) in [6.45, 7) is 14.8. The summed E-state index contributed by atoms with van der Waals surface area (Å²) in [7, 11) is 0. The van der Waals surface area contributed by atoms with Crippen LogP contribution in [-0.4, -0.2) is 195 Å². The molecule has 2 aromatic rings. The number of nitrogens with two attached hydrogens (primary N) is 1. The van der Waals surface area contributed by atoms with Crippen LogP contribution < -0.4 is 5.73 Å². The summed E-state index contributed by atoms with van der Waals surface area (Å²) in [5, 5.41) is 75.6. The van der Waals surface area contributed by atoms with Crippen LogP contribution in [0, 0.1) is 90.6 Å². The number of hydrogen-bond donors (Lipinski definition) is 1. The summed E-state index contributed by atoms with van der Waals surface area (Å²) in [5.74, 6) is -0.683. The Labute approximate surface area is 447 Å². The summed E-state index contributed by atoms with van der Waals surface area (Å²) in [5.41, 5.74) is 7.62. The van der Waals surface area contributed by atoms with Crippen molar-refractivity contribution in [3.8, 4) is 48.6 Å². The molecule has 3 rings (SSSR count). The van der Waals surface area contributed by atoms with Gasteiger partial charge in [-0.2, -0.15) is 42.1 Å². The van der Waals surface area contributed by atoms with E-state index >= 15 is 0 Å². The van der Waals surface area contributed by atoms with Gasteiger partial charge in [0.05, 0.1) is 54.1 Å². The van der Waals surface area contributed by atoms with Gasteiger partial charge >= 0.3 is 0 Å². The van der Waals surface area contributed by atoms with E-state index in [1.807, 2.05) is 12.1 Å². The second kappa shape index (κ2) is 38.8. The number of benzene rings is 2. The number of imide groups is 1. The summed E-state index contributed by atoms with van der Waals surface area (Å²) in [6, 6.07) is 26.7. The van der Waals surface area contributed by atoms with Crippen LogP contribution in [0.25, 0.3) is 10.8 Å². The van der Waals surface area contributed by atoms with Gasteiger partial charge in [-0.15, -0.1) is 0 Å². The van der Waals surface area contributed by atoms with Gasteiger partial charge in [0.15, 0.2) is 0 Å². The van der Waals surface area contributed by atoms with Gasteiger partial charge in [-0.3, -0.25) is 14.5 Å². The number of carbonyl (C=O) groups excluding carboxylic acids is 2. The zero-order valence-corrected chi connectivity index (χ0v) is 44.4. The molecular formula is C56H79N17O2. The second-order valence-electron chi connectivity index (χ2n) is 19.0. The van der Waals surface area contributed by atoms with Crippen molar-refractivity contribution in [1.29, 1.82) is 42.1 Å². The molecule has 1 aliphatic rings. The van der Waals surface area contributed by atoms with Gasteiger partial charge in [-0.05, 0) is 141 Å². The molecule has 0 aromatic heterocycles. The predicted molar refractivity (Wildman–Crippen MR) is 288 cm³/mol. The summed E-state index contributed by atoms with van der Waals surface area (Å²) in [4.78, 5) is 45.5. The Bertz CT molecular complexity index is 2110. The highest BCUT2D eigenvalue weighted by molar-refractivity contribution is 6.25. The van der Waals surface area contributed by atoms with E-state index in [1.165, 1.54) is 4.90 Å². The predicted octanol–water partition coefficient (Wildman–Crippen LogP) is 5.78. The van der Waals surface area contributed by atoms with Crippen LogP contribution in [0.1, 0.15) is 111 Å². The normalized spacial score (nSPS) is 12.1. The summed E-state index contributed by atoms with van der Waals surface area (Å²) >= 11 is 0. The molecule has 19 heteroatoms. The summed E-state index contributed by atoms with van der Waals surface area (Å²) < 4.78 is 0. The minimum absolute atomic E-state index is 0.195. The zero-order valence-electron chi connectivity index (χ0n) is 44.4. The fourth-order valence-corrected chi connectivity index (χ4v) is 9.75. The lowest BCUT2D eigenvalue weighted by atomic mass is 9.93. The highest BCUT2D eigenvalue weighted by Crippen LogP contribution is 2.32. The van der Waals surface area contributed by atoms with Crippen molar-refractivity contribution in [2.75, 3.05) is 150 Å². The molecule has 0 fully saturated rings. The quantitative estimate of drug-likeness (QED) is 0.0608. The molecule has 0 aliphatic carbocycles. The van der Waals surface area contributed by atoms with Crippen molar-refractivity contribution in [1.82, 2.24) is 39.2 Å². The molecule has 19 nitrogen and oxygen atoms in total. The number of carbonyl (C=O) groups is 2. The number of nitriles is 8. The highest BCUT2D eigenvalue weighted by Gasteiger charge is 2.33. The molecule has 2 N–H and O–H groups in total. The van der Waals surface area contributed by atoms with Crippen LogP contribution in [0.5, 0.6) is 0 Å². The molecule has 1 aliphatic heterocycles. The molecule has 400 valence electrons. The van der Waals surface area contributed by atoms with Crippen molar-refractivity contribution in [3.63, 3.8) is 0 Å². The van der Waals surface area contributed by atoms with Gasteiger partial charge in [-0.1, -0.05) is 12.1 Å². The van der Waals surface area contributed by atoms with E-state index in [9.17, 15) is 51.7 Å². The highest BCUT2D eigenvalue weighted by atomic mass is 16.2. The Balaban J connectivity index is 1.85. The van der Waals surface area contributed by atoms with Gasteiger partial charge in [0.25, 0.3) is 11.8 Å². The van der Waals surface area contributed by atoms with Crippen molar-refractivity contribution >= 4 is 28.3 Å². The lowest BCUT2D eigenvalue weighted by Crippen LogP contribution is -2.45. The van der Waals surface area contributed by atoms with E-state index in [1.54, 1.807) is 18.2 Å². The fourth-order valence-electron chi connectivity index (χ4n) is 9.75. The molecule has 0 radical (unpaired) electrons. The Hall–Kier alpha value is -6.72. The van der Waals surface area contributed by atoms with Gasteiger partial charge in [-0.25, -0.2) is 0 Å². The number of nitrogens with zero attached hydrogens (tertiary/aromatic N) is 16. The van der Waals surface area contributed by atoms with E-state index in [-0.39, 0.29) is 18.4 Å². The third-order valence-electron chi connectivity index (χ3n) is 13.6. The van der Waals surface area contributed by atoms with Crippen LogP contribution in [0.3, 0.4) is 0 Å². The molecule has 0 unspecified atom stereocenters. The lowest BCUT2D eigenvalue weighted by molar-refractivity contribution is 0.0590. The maximum atomic E-state index is 14.1. The number of amides is 2. The van der Waals surface area contributed by atoms with E-state index < -0.39 is 0 Å². The third-order valence-corrected chi connectivity index (χ3v) is 13.6. The first kappa shape index (κ1) is 62.6. The Morgan fingerprint density at radius 3 is 0.920 bits per heavy atom. The average molecular weight is 1020 g/mol. The molecule has 0 spiro atoms. The van der Waals surface area contributed by atoms with Crippen molar-refractivity contribution < 1.29 is 9.59 Å². The van der Waals surface area contributed by atoms with E-state index in [0.29, 0.717) is 146 Å². The smallest absolute Gasteiger partial charge is 0.261 e. The first-order valence-corrected chi connectivity index (χ1v) is 26.9. The molecule has 2 amide bonds. The summed E-state index contributed by atoms with van der Waals surface area (Å²) in [6.07, 6.45) is 8.18. The minimum atomic E-state index is -0.359. The molecule has 0 atom stereocenters. The van der Waals surface area contributed by atoms with Gasteiger partial charge in [0.2, 0.25) is 0 Å². The monoisotopic (exact) mass is 1020 g/mol. The maximum absolute atomic E-state index is 14.1. The number of nitrogen functional groups attached to an aromatic ring is 1. The standard InChI is InChI=1S/C56H79N17O2/c57-18-2-26-66(27-3-19-58)34-10-38-70(39-11-35-67(28-4-20-59)29-5-21-60)42-14-44-72(46-47-73-55(74)52-17-1-16-50-48-51(65)49-53(54(50)52)56(73)75)45-15-43-71(40-12-36-68(30-6-22-61)31-7-23-62)41-13-37-69(32-8-24-63)33-9-25-64/h1,16-17,48-49H,2-15,26-47,65H2. The largest absolute Gasteiger partial charge is 0.399 e. The Kier molecular flexibility index (Phi) is 32.4. The first-order chi connectivity index (χ1) is 36.7. The van der Waals surface area contributed by atoms with E-state index in [0.717, 1.165) is 109 Å². The van der Waals surface area contributed by atoms with Gasteiger partial charge < -0.3 is 40.0 Å². The SMILES string of the molecule is N#CCCN(CCC#N)CCCN(CCCN(CCC#N)CCC#N)CCCN(CCCN(CCCN(CCC#N)CCC#N)CCCN(CCC#N)CCC#N)CCN1C(=O)c2cccc3cc(N)cc(c23)C1=O. The first-order valence-electron chi connectivity index (χ1n) is 26.9. The topological polar surface area (TPSA) is 276 Å². The van der Waals surface area contributed by atoms with Crippen molar-refractivity contribution in [2.24, 2.45) is 0 Å². The minimum Gasteiger partial charge on any atom is -0.399 e. The van der Waals surface area contributed by atoms with Crippen LogP contribution in [0.2, 0.25) is 0 Å². The molecule has 0 saturated heterocycles. The average Bonchev–Trinajstić information content (AvgIpc) is 3.41. The van der Waals surface area contributed by atoms with Crippen molar-refractivity contribution in [3.05, 3.63) is 41.5 Å². The fraction of sp³-hybridized carbons (Fsp3) is 0.643. The van der Waals surface area contributed by atoms with Crippen LogP contribution >= 0.6 is 0 Å². The van der Waals surface area contributed by atoms with Crippen LogP contribution in [0.4, 0.5) is 5.69 Å². The van der Waals surface area contributed by atoms with E-state index in [4.69, 9.17) is 5.73 Å². The molecule has 75 heavy (non-hydrogen) atoms. The number of rotatable bonds is 43. The number of anilines is 1. The van der Waals surface area contributed by atoms with E-state index in [2.05, 4.69) is 82.9 Å². The van der Waals surface area contributed by atoms with Gasteiger partial charge in [0.1, 0.15) is 0 Å². The molecule has 2 aromatic carbocycles. The Morgan fingerprint density at radius 1 is 0.360 bits per heavy atom.